The van der Waals surface area contributed by atoms with Gasteiger partial charge in [-0.3, -0.25) is 4.79 Å². The molecule has 0 saturated heterocycles. The van der Waals surface area contributed by atoms with Crippen LogP contribution < -0.4 is 5.32 Å². The SMILES string of the molecule is CC(NC(=O)c1ccc(C(=O)O)nc1)C1CC2CCC1C2. The van der Waals surface area contributed by atoms with E-state index < -0.39 is 5.97 Å². The Hall–Kier alpha value is -1.91. The van der Waals surface area contributed by atoms with Crippen molar-refractivity contribution in [2.24, 2.45) is 17.8 Å². The summed E-state index contributed by atoms with van der Waals surface area (Å²) >= 11 is 0. The predicted molar refractivity (Wildman–Crippen MR) is 77.1 cm³/mol. The lowest BCUT2D eigenvalue weighted by atomic mass is 9.84. The van der Waals surface area contributed by atoms with Gasteiger partial charge in [0.15, 0.2) is 0 Å². The Morgan fingerprint density at radius 2 is 2.14 bits per heavy atom. The third-order valence-corrected chi connectivity index (χ3v) is 5.04. The van der Waals surface area contributed by atoms with Gasteiger partial charge in [0.2, 0.25) is 0 Å². The van der Waals surface area contributed by atoms with Crippen LogP contribution in [-0.2, 0) is 0 Å². The molecule has 0 aliphatic heterocycles. The summed E-state index contributed by atoms with van der Waals surface area (Å²) in [4.78, 5) is 26.7. The van der Waals surface area contributed by atoms with Gasteiger partial charge in [-0.2, -0.15) is 0 Å². The molecule has 21 heavy (non-hydrogen) atoms. The van der Waals surface area contributed by atoms with E-state index in [2.05, 4.69) is 17.2 Å². The fourth-order valence-corrected chi connectivity index (χ4v) is 3.96. The largest absolute Gasteiger partial charge is 0.477 e. The van der Waals surface area contributed by atoms with Gasteiger partial charge in [0.05, 0.1) is 5.56 Å². The van der Waals surface area contributed by atoms with Crippen molar-refractivity contribution >= 4 is 11.9 Å². The standard InChI is InChI=1S/C16H20N2O3/c1-9(13-7-10-2-3-11(13)6-10)18-15(19)12-4-5-14(16(20)21)17-8-12/h4-5,8-11,13H,2-3,6-7H2,1H3,(H,18,19)(H,20,21). The molecule has 1 aromatic heterocycles. The van der Waals surface area contributed by atoms with Gasteiger partial charge in [0.1, 0.15) is 5.69 Å². The molecule has 1 amide bonds. The summed E-state index contributed by atoms with van der Waals surface area (Å²) in [5, 5.41) is 11.8. The maximum Gasteiger partial charge on any atom is 0.354 e. The quantitative estimate of drug-likeness (QED) is 0.891. The molecule has 2 aliphatic carbocycles. The van der Waals surface area contributed by atoms with Gasteiger partial charge in [-0.05, 0) is 56.1 Å². The van der Waals surface area contributed by atoms with E-state index in [4.69, 9.17) is 5.11 Å². The second-order valence-corrected chi connectivity index (χ2v) is 6.34. The number of carbonyl (C=O) groups excluding carboxylic acids is 1. The van der Waals surface area contributed by atoms with Gasteiger partial charge < -0.3 is 10.4 Å². The Balaban J connectivity index is 1.61. The number of fused-ring (bicyclic) bond motifs is 2. The number of aromatic carboxylic acids is 1. The Labute approximate surface area is 123 Å². The number of carboxylic acids is 1. The van der Waals surface area contributed by atoms with Gasteiger partial charge >= 0.3 is 5.97 Å². The molecular weight excluding hydrogens is 268 g/mol. The highest BCUT2D eigenvalue weighted by atomic mass is 16.4. The van der Waals surface area contributed by atoms with E-state index in [0.717, 1.165) is 11.8 Å². The Kier molecular flexibility index (Phi) is 3.66. The molecule has 4 atom stereocenters. The van der Waals surface area contributed by atoms with Gasteiger partial charge in [-0.15, -0.1) is 0 Å². The molecule has 2 saturated carbocycles. The summed E-state index contributed by atoms with van der Waals surface area (Å²) in [5.41, 5.74) is 0.364. The van der Waals surface area contributed by atoms with Crippen LogP contribution in [0.1, 0.15) is 53.5 Å². The molecule has 2 N–H and O–H groups in total. The van der Waals surface area contributed by atoms with Crippen molar-refractivity contribution in [2.45, 2.75) is 38.6 Å². The summed E-state index contributed by atoms with van der Waals surface area (Å²) in [7, 11) is 0. The van der Waals surface area contributed by atoms with Crippen LogP contribution in [0, 0.1) is 17.8 Å². The first kappa shape index (κ1) is 14.0. The molecule has 112 valence electrons. The van der Waals surface area contributed by atoms with Crippen molar-refractivity contribution < 1.29 is 14.7 Å². The fraction of sp³-hybridized carbons (Fsp3) is 0.562. The van der Waals surface area contributed by atoms with E-state index in [1.807, 2.05) is 0 Å². The van der Waals surface area contributed by atoms with Crippen molar-refractivity contribution in [3.63, 3.8) is 0 Å². The Morgan fingerprint density at radius 1 is 1.33 bits per heavy atom. The monoisotopic (exact) mass is 288 g/mol. The third-order valence-electron chi connectivity index (χ3n) is 5.04. The highest BCUT2D eigenvalue weighted by molar-refractivity contribution is 5.95. The van der Waals surface area contributed by atoms with Gasteiger partial charge in [0, 0.05) is 12.2 Å². The van der Waals surface area contributed by atoms with E-state index in [1.54, 1.807) is 0 Å². The van der Waals surface area contributed by atoms with E-state index in [0.29, 0.717) is 11.5 Å². The molecule has 2 fully saturated rings. The topological polar surface area (TPSA) is 79.3 Å². The van der Waals surface area contributed by atoms with Crippen molar-refractivity contribution in [2.75, 3.05) is 0 Å². The first-order chi connectivity index (χ1) is 10.0. The number of nitrogens with one attached hydrogen (secondary N) is 1. The zero-order chi connectivity index (χ0) is 15.0. The summed E-state index contributed by atoms with van der Waals surface area (Å²) in [6.45, 7) is 2.07. The van der Waals surface area contributed by atoms with Crippen LogP contribution in [-0.4, -0.2) is 28.0 Å². The molecule has 0 radical (unpaired) electrons. The summed E-state index contributed by atoms with van der Waals surface area (Å²) in [6, 6.07) is 3.03. The number of amides is 1. The van der Waals surface area contributed by atoms with E-state index in [9.17, 15) is 9.59 Å². The molecule has 1 aromatic rings. The number of carboxylic acid groups (broad SMARTS) is 1. The highest BCUT2D eigenvalue weighted by Gasteiger charge is 2.42. The average molecular weight is 288 g/mol. The predicted octanol–water partition coefficient (Wildman–Crippen LogP) is 2.33. The zero-order valence-corrected chi connectivity index (χ0v) is 12.1. The second-order valence-electron chi connectivity index (χ2n) is 6.34. The van der Waals surface area contributed by atoms with Crippen LogP contribution in [0.3, 0.4) is 0 Å². The van der Waals surface area contributed by atoms with E-state index in [1.165, 1.54) is 44.0 Å². The molecule has 2 bridgehead atoms. The van der Waals surface area contributed by atoms with Crippen molar-refractivity contribution in [3.8, 4) is 0 Å². The lowest BCUT2D eigenvalue weighted by Gasteiger charge is -2.28. The minimum absolute atomic E-state index is 0.0484. The molecule has 3 rings (SSSR count). The molecule has 0 aromatic carbocycles. The number of pyridine rings is 1. The van der Waals surface area contributed by atoms with Crippen LogP contribution in [0.2, 0.25) is 0 Å². The number of hydrogen-bond acceptors (Lipinski definition) is 3. The smallest absolute Gasteiger partial charge is 0.354 e. The Morgan fingerprint density at radius 3 is 2.67 bits per heavy atom. The number of carbonyl (C=O) groups is 2. The molecule has 1 heterocycles. The molecule has 5 nitrogen and oxygen atoms in total. The number of aromatic nitrogens is 1. The van der Waals surface area contributed by atoms with Crippen LogP contribution >= 0.6 is 0 Å². The number of nitrogens with zero attached hydrogens (tertiary/aromatic N) is 1. The second kappa shape index (κ2) is 5.47. The molecule has 4 unspecified atom stereocenters. The van der Waals surface area contributed by atoms with Crippen LogP contribution in [0.4, 0.5) is 0 Å². The summed E-state index contributed by atoms with van der Waals surface area (Å²) in [6.07, 6.45) is 6.52. The minimum Gasteiger partial charge on any atom is -0.477 e. The van der Waals surface area contributed by atoms with Crippen LogP contribution in [0.5, 0.6) is 0 Å². The normalized spacial score (nSPS) is 28.3. The Bertz CT molecular complexity index is 555. The van der Waals surface area contributed by atoms with E-state index >= 15 is 0 Å². The van der Waals surface area contributed by atoms with Crippen molar-refractivity contribution in [1.82, 2.24) is 10.3 Å². The van der Waals surface area contributed by atoms with Gasteiger partial charge in [-0.1, -0.05) is 6.42 Å². The van der Waals surface area contributed by atoms with Crippen molar-refractivity contribution in [1.29, 1.82) is 0 Å². The first-order valence-electron chi connectivity index (χ1n) is 7.55. The molecule has 0 spiro atoms. The lowest BCUT2D eigenvalue weighted by molar-refractivity contribution is 0.0689. The molecule has 5 heteroatoms. The van der Waals surface area contributed by atoms with E-state index in [-0.39, 0.29) is 17.6 Å². The maximum absolute atomic E-state index is 12.2. The van der Waals surface area contributed by atoms with Gasteiger partial charge in [-0.25, -0.2) is 9.78 Å². The highest BCUT2D eigenvalue weighted by Crippen LogP contribution is 2.49. The fourth-order valence-electron chi connectivity index (χ4n) is 3.96. The maximum atomic E-state index is 12.2. The van der Waals surface area contributed by atoms with Crippen molar-refractivity contribution in [3.05, 3.63) is 29.6 Å². The summed E-state index contributed by atoms with van der Waals surface area (Å²) in [5.74, 6) is 0.944. The minimum atomic E-state index is -1.09. The number of hydrogen-bond donors (Lipinski definition) is 2. The molecule has 2 aliphatic rings. The lowest BCUT2D eigenvalue weighted by Crippen LogP contribution is -2.40. The first-order valence-corrected chi connectivity index (χ1v) is 7.55. The zero-order valence-electron chi connectivity index (χ0n) is 12.1. The van der Waals surface area contributed by atoms with Gasteiger partial charge in [0.25, 0.3) is 5.91 Å². The van der Waals surface area contributed by atoms with Crippen LogP contribution in [0.15, 0.2) is 18.3 Å². The van der Waals surface area contributed by atoms with Crippen LogP contribution in [0.25, 0.3) is 0 Å². The third kappa shape index (κ3) is 2.77. The average Bonchev–Trinajstić information content (AvgIpc) is 3.10. The molecular formula is C16H20N2O3. The summed E-state index contributed by atoms with van der Waals surface area (Å²) < 4.78 is 0. The number of rotatable bonds is 4.